The molecule has 1 aliphatic heterocycles. The highest BCUT2D eigenvalue weighted by Gasteiger charge is 2.24. The fourth-order valence-electron chi connectivity index (χ4n) is 1.99. The van der Waals surface area contributed by atoms with E-state index in [1.54, 1.807) is 17.9 Å². The van der Waals surface area contributed by atoms with E-state index < -0.39 is 0 Å². The largest absolute Gasteiger partial charge is 0.469 e. The Morgan fingerprint density at radius 2 is 2.25 bits per heavy atom. The highest BCUT2D eigenvalue weighted by molar-refractivity contribution is 5.95. The number of amides is 1. The molecule has 2 rings (SSSR count). The van der Waals surface area contributed by atoms with Gasteiger partial charge in [-0.15, -0.1) is 0 Å². The number of rotatable bonds is 1. The van der Waals surface area contributed by atoms with Crippen LogP contribution in [0.4, 0.5) is 0 Å². The second kappa shape index (κ2) is 4.40. The van der Waals surface area contributed by atoms with Gasteiger partial charge in [-0.2, -0.15) is 5.26 Å². The molecule has 0 spiro atoms. The van der Waals surface area contributed by atoms with Gasteiger partial charge in [-0.3, -0.25) is 4.79 Å². The first-order chi connectivity index (χ1) is 7.72. The molecular formula is C12H14N2O2. The van der Waals surface area contributed by atoms with E-state index in [1.165, 1.54) is 6.26 Å². The molecule has 0 atom stereocenters. The summed E-state index contributed by atoms with van der Waals surface area (Å²) in [5.41, 5.74) is 0.635. The molecule has 1 aliphatic rings. The second-order valence-electron chi connectivity index (χ2n) is 4.09. The van der Waals surface area contributed by atoms with Gasteiger partial charge in [0.25, 0.3) is 5.91 Å². The van der Waals surface area contributed by atoms with Gasteiger partial charge >= 0.3 is 0 Å². The number of likely N-dealkylation sites (tertiary alicyclic amines) is 1. The Morgan fingerprint density at radius 3 is 2.75 bits per heavy atom. The van der Waals surface area contributed by atoms with Crippen molar-refractivity contribution in [3.63, 3.8) is 0 Å². The fraction of sp³-hybridized carbons (Fsp3) is 0.500. The quantitative estimate of drug-likeness (QED) is 0.724. The monoisotopic (exact) mass is 218 g/mol. The number of carbonyl (C=O) groups is 1. The van der Waals surface area contributed by atoms with Crippen LogP contribution in [0, 0.1) is 24.2 Å². The Kier molecular flexibility index (Phi) is 2.95. The summed E-state index contributed by atoms with van der Waals surface area (Å²) >= 11 is 0. The topological polar surface area (TPSA) is 57.2 Å². The molecule has 0 N–H and O–H groups in total. The van der Waals surface area contributed by atoms with Crippen molar-refractivity contribution in [2.24, 2.45) is 5.92 Å². The van der Waals surface area contributed by atoms with Gasteiger partial charge in [-0.1, -0.05) is 0 Å². The van der Waals surface area contributed by atoms with Crippen LogP contribution in [0.1, 0.15) is 29.0 Å². The summed E-state index contributed by atoms with van der Waals surface area (Å²) in [7, 11) is 0. The first kappa shape index (κ1) is 10.7. The minimum Gasteiger partial charge on any atom is -0.469 e. The van der Waals surface area contributed by atoms with Crippen molar-refractivity contribution < 1.29 is 9.21 Å². The summed E-state index contributed by atoms with van der Waals surface area (Å²) in [6, 6.07) is 3.96. The molecule has 1 aromatic rings. The van der Waals surface area contributed by atoms with E-state index in [1.807, 2.05) is 0 Å². The lowest BCUT2D eigenvalue weighted by atomic mass is 9.98. The zero-order chi connectivity index (χ0) is 11.5. The lowest BCUT2D eigenvalue weighted by Crippen LogP contribution is -2.38. The predicted molar refractivity (Wildman–Crippen MR) is 57.7 cm³/mol. The summed E-state index contributed by atoms with van der Waals surface area (Å²) in [6.07, 6.45) is 3.09. The van der Waals surface area contributed by atoms with Crippen LogP contribution in [0.25, 0.3) is 0 Å². The minimum atomic E-state index is 0.0163. The van der Waals surface area contributed by atoms with Crippen LogP contribution in [0.5, 0.6) is 0 Å². The molecule has 1 saturated heterocycles. The molecule has 0 aromatic carbocycles. The minimum absolute atomic E-state index is 0.0163. The molecular weight excluding hydrogens is 204 g/mol. The van der Waals surface area contributed by atoms with Crippen LogP contribution in [0.15, 0.2) is 16.7 Å². The zero-order valence-corrected chi connectivity index (χ0v) is 9.27. The van der Waals surface area contributed by atoms with Gasteiger partial charge < -0.3 is 9.32 Å². The van der Waals surface area contributed by atoms with E-state index in [9.17, 15) is 4.79 Å². The van der Waals surface area contributed by atoms with Crippen LogP contribution in [-0.4, -0.2) is 23.9 Å². The SMILES string of the molecule is Cc1occc1C(=O)N1CCC(C#N)CC1. The van der Waals surface area contributed by atoms with Crippen molar-refractivity contribution in [1.82, 2.24) is 4.90 Å². The molecule has 1 amide bonds. The molecule has 84 valence electrons. The zero-order valence-electron chi connectivity index (χ0n) is 9.27. The third kappa shape index (κ3) is 1.94. The number of furan rings is 1. The fourth-order valence-corrected chi connectivity index (χ4v) is 1.99. The van der Waals surface area contributed by atoms with Gasteiger partial charge in [-0.25, -0.2) is 0 Å². The summed E-state index contributed by atoms with van der Waals surface area (Å²) in [6.45, 7) is 3.12. The molecule has 0 aliphatic carbocycles. The van der Waals surface area contributed by atoms with Crippen LogP contribution in [0.3, 0.4) is 0 Å². The van der Waals surface area contributed by atoms with E-state index >= 15 is 0 Å². The van der Waals surface area contributed by atoms with E-state index in [4.69, 9.17) is 9.68 Å². The van der Waals surface area contributed by atoms with E-state index in [-0.39, 0.29) is 11.8 Å². The summed E-state index contributed by atoms with van der Waals surface area (Å²) in [5, 5.41) is 8.78. The molecule has 0 unspecified atom stereocenters. The van der Waals surface area contributed by atoms with Crippen molar-refractivity contribution in [3.05, 3.63) is 23.7 Å². The molecule has 16 heavy (non-hydrogen) atoms. The van der Waals surface area contributed by atoms with Crippen molar-refractivity contribution in [1.29, 1.82) is 5.26 Å². The molecule has 0 bridgehead atoms. The van der Waals surface area contributed by atoms with Crippen molar-refractivity contribution in [2.45, 2.75) is 19.8 Å². The maximum atomic E-state index is 12.1. The number of carbonyl (C=O) groups excluding carboxylic acids is 1. The number of piperidine rings is 1. The molecule has 0 saturated carbocycles. The summed E-state index contributed by atoms with van der Waals surface area (Å²) in [5.74, 6) is 0.782. The van der Waals surface area contributed by atoms with E-state index in [0.29, 0.717) is 24.4 Å². The first-order valence-corrected chi connectivity index (χ1v) is 5.45. The first-order valence-electron chi connectivity index (χ1n) is 5.45. The molecule has 4 nitrogen and oxygen atoms in total. The molecule has 0 radical (unpaired) electrons. The highest BCUT2D eigenvalue weighted by atomic mass is 16.3. The number of hydrogen-bond acceptors (Lipinski definition) is 3. The lowest BCUT2D eigenvalue weighted by molar-refractivity contribution is 0.0705. The second-order valence-corrected chi connectivity index (χ2v) is 4.09. The normalized spacial score (nSPS) is 17.1. The van der Waals surface area contributed by atoms with Crippen LogP contribution in [0.2, 0.25) is 0 Å². The van der Waals surface area contributed by atoms with E-state index in [0.717, 1.165) is 12.8 Å². The number of nitriles is 1. The average molecular weight is 218 g/mol. The van der Waals surface area contributed by atoms with Crippen LogP contribution >= 0.6 is 0 Å². The van der Waals surface area contributed by atoms with Gasteiger partial charge in [-0.05, 0) is 25.8 Å². The van der Waals surface area contributed by atoms with Crippen LogP contribution in [-0.2, 0) is 0 Å². The van der Waals surface area contributed by atoms with Gasteiger partial charge in [0, 0.05) is 19.0 Å². The Morgan fingerprint density at radius 1 is 1.56 bits per heavy atom. The lowest BCUT2D eigenvalue weighted by Gasteiger charge is -2.28. The molecule has 4 heteroatoms. The number of nitrogens with zero attached hydrogens (tertiary/aromatic N) is 2. The summed E-state index contributed by atoms with van der Waals surface area (Å²) in [4.78, 5) is 13.9. The van der Waals surface area contributed by atoms with Crippen LogP contribution < -0.4 is 0 Å². The molecule has 1 aromatic heterocycles. The Hall–Kier alpha value is -1.76. The smallest absolute Gasteiger partial charge is 0.257 e. The maximum absolute atomic E-state index is 12.1. The van der Waals surface area contributed by atoms with Gasteiger partial charge in [0.05, 0.1) is 17.9 Å². The van der Waals surface area contributed by atoms with Gasteiger partial charge in [0.15, 0.2) is 0 Å². The van der Waals surface area contributed by atoms with Crippen molar-refractivity contribution in [2.75, 3.05) is 13.1 Å². The highest BCUT2D eigenvalue weighted by Crippen LogP contribution is 2.19. The van der Waals surface area contributed by atoms with Gasteiger partial charge in [0.1, 0.15) is 5.76 Å². The number of hydrogen-bond donors (Lipinski definition) is 0. The Balaban J connectivity index is 2.03. The molecule has 2 heterocycles. The average Bonchev–Trinajstić information content (AvgIpc) is 2.75. The predicted octanol–water partition coefficient (Wildman–Crippen LogP) is 1.96. The van der Waals surface area contributed by atoms with E-state index in [2.05, 4.69) is 6.07 Å². The number of aryl methyl sites for hydroxylation is 1. The maximum Gasteiger partial charge on any atom is 0.257 e. The van der Waals surface area contributed by atoms with Crippen molar-refractivity contribution >= 4 is 5.91 Å². The van der Waals surface area contributed by atoms with Crippen molar-refractivity contribution in [3.8, 4) is 6.07 Å². The third-order valence-electron chi connectivity index (χ3n) is 3.05. The third-order valence-corrected chi connectivity index (χ3v) is 3.05. The Labute approximate surface area is 94.5 Å². The Bertz CT molecular complexity index is 422. The van der Waals surface area contributed by atoms with Gasteiger partial charge in [0.2, 0.25) is 0 Å². The summed E-state index contributed by atoms with van der Waals surface area (Å²) < 4.78 is 5.12. The molecule has 1 fully saturated rings. The standard InChI is InChI=1S/C12H14N2O2/c1-9-11(4-7-16-9)12(15)14-5-2-10(8-13)3-6-14/h4,7,10H,2-3,5-6H2,1H3.